The van der Waals surface area contributed by atoms with Crippen molar-refractivity contribution in [2.75, 3.05) is 26.8 Å². The summed E-state index contributed by atoms with van der Waals surface area (Å²) < 4.78 is 4.88. The quantitative estimate of drug-likeness (QED) is 0.682. The van der Waals surface area contributed by atoms with Crippen LogP contribution in [0.3, 0.4) is 0 Å². The van der Waals surface area contributed by atoms with E-state index in [1.165, 1.54) is 25.7 Å². The minimum atomic E-state index is 0.106. The number of hydrogen-bond donors (Lipinski definition) is 2. The van der Waals surface area contributed by atoms with Crippen LogP contribution in [0.5, 0.6) is 0 Å². The minimum Gasteiger partial charge on any atom is -0.383 e. The molecule has 0 aromatic rings. The van der Waals surface area contributed by atoms with Crippen LogP contribution in [0.1, 0.15) is 46.0 Å². The SMILES string of the molecule is COCCNC(=O)CCNC1CCCC(C)(C)C1. The maximum Gasteiger partial charge on any atom is 0.221 e. The largest absolute Gasteiger partial charge is 0.383 e. The van der Waals surface area contributed by atoms with E-state index in [2.05, 4.69) is 24.5 Å². The van der Waals surface area contributed by atoms with E-state index in [1.807, 2.05) is 0 Å². The first-order chi connectivity index (χ1) is 8.53. The lowest BCUT2D eigenvalue weighted by molar-refractivity contribution is -0.121. The van der Waals surface area contributed by atoms with Crippen molar-refractivity contribution in [3.63, 3.8) is 0 Å². The first kappa shape index (κ1) is 15.4. The van der Waals surface area contributed by atoms with Gasteiger partial charge in [0.25, 0.3) is 0 Å². The summed E-state index contributed by atoms with van der Waals surface area (Å²) in [5, 5.41) is 6.34. The summed E-state index contributed by atoms with van der Waals surface area (Å²) in [6, 6.07) is 0.584. The van der Waals surface area contributed by atoms with Gasteiger partial charge < -0.3 is 15.4 Å². The number of ether oxygens (including phenoxy) is 1. The highest BCUT2D eigenvalue weighted by Crippen LogP contribution is 2.34. The van der Waals surface area contributed by atoms with Crippen LogP contribution in [0.4, 0.5) is 0 Å². The summed E-state index contributed by atoms with van der Waals surface area (Å²) >= 11 is 0. The summed E-state index contributed by atoms with van der Waals surface area (Å²) in [7, 11) is 1.64. The predicted molar refractivity (Wildman–Crippen MR) is 73.5 cm³/mol. The minimum absolute atomic E-state index is 0.106. The Morgan fingerprint density at radius 2 is 2.17 bits per heavy atom. The van der Waals surface area contributed by atoms with Gasteiger partial charge in [-0.25, -0.2) is 0 Å². The van der Waals surface area contributed by atoms with Gasteiger partial charge in [0.2, 0.25) is 5.91 Å². The van der Waals surface area contributed by atoms with Crippen LogP contribution in [-0.4, -0.2) is 38.8 Å². The second-order valence-corrected chi connectivity index (χ2v) is 6.00. The first-order valence-corrected chi connectivity index (χ1v) is 7.02. The van der Waals surface area contributed by atoms with Gasteiger partial charge in [-0.2, -0.15) is 0 Å². The van der Waals surface area contributed by atoms with Gasteiger partial charge in [-0.3, -0.25) is 4.79 Å². The van der Waals surface area contributed by atoms with Crippen LogP contribution < -0.4 is 10.6 Å². The first-order valence-electron chi connectivity index (χ1n) is 7.02. The van der Waals surface area contributed by atoms with E-state index < -0.39 is 0 Å². The van der Waals surface area contributed by atoms with Crippen molar-refractivity contribution in [3.05, 3.63) is 0 Å². The van der Waals surface area contributed by atoms with Crippen molar-refractivity contribution in [1.29, 1.82) is 0 Å². The van der Waals surface area contributed by atoms with Crippen LogP contribution in [0, 0.1) is 5.41 Å². The van der Waals surface area contributed by atoms with Crippen molar-refractivity contribution in [2.24, 2.45) is 5.41 Å². The van der Waals surface area contributed by atoms with E-state index in [4.69, 9.17) is 4.74 Å². The van der Waals surface area contributed by atoms with Gasteiger partial charge in [-0.05, 0) is 24.7 Å². The van der Waals surface area contributed by atoms with Crippen molar-refractivity contribution < 1.29 is 9.53 Å². The predicted octanol–water partition coefficient (Wildman–Crippen LogP) is 1.70. The smallest absolute Gasteiger partial charge is 0.221 e. The Bertz CT molecular complexity index is 254. The molecule has 0 aromatic heterocycles. The molecule has 0 saturated heterocycles. The van der Waals surface area contributed by atoms with Gasteiger partial charge >= 0.3 is 0 Å². The topological polar surface area (TPSA) is 50.4 Å². The lowest BCUT2D eigenvalue weighted by atomic mass is 9.75. The molecule has 1 rings (SSSR count). The fourth-order valence-corrected chi connectivity index (χ4v) is 2.64. The second-order valence-electron chi connectivity index (χ2n) is 6.00. The van der Waals surface area contributed by atoms with Crippen LogP contribution in [0.15, 0.2) is 0 Å². The molecule has 2 N–H and O–H groups in total. The molecule has 1 aliphatic rings. The summed E-state index contributed by atoms with van der Waals surface area (Å²) in [6.07, 6.45) is 5.64. The lowest BCUT2D eigenvalue weighted by Crippen LogP contribution is -2.39. The van der Waals surface area contributed by atoms with E-state index in [0.29, 0.717) is 31.0 Å². The Labute approximate surface area is 111 Å². The fourth-order valence-electron chi connectivity index (χ4n) is 2.64. The maximum atomic E-state index is 11.5. The molecule has 1 unspecified atom stereocenters. The molecular weight excluding hydrogens is 228 g/mol. The lowest BCUT2D eigenvalue weighted by Gasteiger charge is -2.35. The zero-order valence-corrected chi connectivity index (χ0v) is 12.1. The highest BCUT2D eigenvalue weighted by Gasteiger charge is 2.27. The summed E-state index contributed by atoms with van der Waals surface area (Å²) in [4.78, 5) is 11.5. The highest BCUT2D eigenvalue weighted by atomic mass is 16.5. The van der Waals surface area contributed by atoms with Crippen molar-refractivity contribution >= 4 is 5.91 Å². The van der Waals surface area contributed by atoms with Gasteiger partial charge in [0, 0.05) is 32.7 Å². The average molecular weight is 256 g/mol. The molecule has 0 radical (unpaired) electrons. The van der Waals surface area contributed by atoms with Gasteiger partial charge in [0.15, 0.2) is 0 Å². The molecule has 0 aromatic carbocycles. The average Bonchev–Trinajstić information content (AvgIpc) is 2.28. The monoisotopic (exact) mass is 256 g/mol. The number of carbonyl (C=O) groups is 1. The molecule has 1 saturated carbocycles. The van der Waals surface area contributed by atoms with E-state index in [9.17, 15) is 4.79 Å². The number of amides is 1. The van der Waals surface area contributed by atoms with E-state index in [0.717, 1.165) is 6.54 Å². The second kappa shape index (κ2) is 7.74. The summed E-state index contributed by atoms with van der Waals surface area (Å²) in [6.45, 7) is 6.62. The number of hydrogen-bond acceptors (Lipinski definition) is 3. The third-order valence-electron chi connectivity index (χ3n) is 3.62. The Morgan fingerprint density at radius 3 is 2.83 bits per heavy atom. The number of rotatable bonds is 7. The van der Waals surface area contributed by atoms with Crippen LogP contribution in [0.25, 0.3) is 0 Å². The Kier molecular flexibility index (Phi) is 6.65. The number of nitrogens with one attached hydrogen (secondary N) is 2. The van der Waals surface area contributed by atoms with Crippen molar-refractivity contribution in [3.8, 4) is 0 Å². The zero-order valence-electron chi connectivity index (χ0n) is 12.1. The van der Waals surface area contributed by atoms with Crippen LogP contribution in [0.2, 0.25) is 0 Å². The molecule has 0 heterocycles. The normalized spacial score (nSPS) is 22.7. The Morgan fingerprint density at radius 1 is 1.39 bits per heavy atom. The Balaban J connectivity index is 2.08. The maximum absolute atomic E-state index is 11.5. The summed E-state index contributed by atoms with van der Waals surface area (Å²) in [5.41, 5.74) is 0.455. The molecule has 0 aliphatic heterocycles. The molecule has 1 aliphatic carbocycles. The van der Waals surface area contributed by atoms with Crippen LogP contribution >= 0.6 is 0 Å². The molecule has 106 valence electrons. The van der Waals surface area contributed by atoms with Crippen LogP contribution in [-0.2, 0) is 9.53 Å². The van der Waals surface area contributed by atoms with Gasteiger partial charge in [-0.1, -0.05) is 20.3 Å². The molecule has 1 atom stereocenters. The zero-order chi connectivity index (χ0) is 13.4. The molecule has 1 amide bonds. The summed E-state index contributed by atoms with van der Waals surface area (Å²) in [5.74, 6) is 0.106. The van der Waals surface area contributed by atoms with Crippen molar-refractivity contribution in [1.82, 2.24) is 10.6 Å². The van der Waals surface area contributed by atoms with E-state index in [-0.39, 0.29) is 5.91 Å². The molecule has 0 spiro atoms. The molecule has 18 heavy (non-hydrogen) atoms. The third kappa shape index (κ3) is 6.36. The molecular formula is C14H28N2O2. The number of methoxy groups -OCH3 is 1. The van der Waals surface area contributed by atoms with Gasteiger partial charge in [0.05, 0.1) is 6.61 Å². The standard InChI is InChI=1S/C14H28N2O2/c1-14(2)7-4-5-12(11-14)15-8-6-13(17)16-9-10-18-3/h12,15H,4-11H2,1-3H3,(H,16,17). The molecule has 0 bridgehead atoms. The Hall–Kier alpha value is -0.610. The molecule has 4 nitrogen and oxygen atoms in total. The third-order valence-corrected chi connectivity index (χ3v) is 3.62. The van der Waals surface area contributed by atoms with E-state index >= 15 is 0 Å². The van der Waals surface area contributed by atoms with Gasteiger partial charge in [0.1, 0.15) is 0 Å². The van der Waals surface area contributed by atoms with E-state index in [1.54, 1.807) is 7.11 Å². The fraction of sp³-hybridized carbons (Fsp3) is 0.929. The highest BCUT2D eigenvalue weighted by molar-refractivity contribution is 5.76. The van der Waals surface area contributed by atoms with Gasteiger partial charge in [-0.15, -0.1) is 0 Å². The van der Waals surface area contributed by atoms with Crippen molar-refractivity contribution in [2.45, 2.75) is 52.0 Å². The molecule has 1 fully saturated rings. The number of carbonyl (C=O) groups excluding carboxylic acids is 1. The molecule has 4 heteroatoms.